The van der Waals surface area contributed by atoms with Crippen LogP contribution in [0.2, 0.25) is 0 Å². The molecule has 456 valence electrons. The van der Waals surface area contributed by atoms with Gasteiger partial charge in [-0.1, -0.05) is 292 Å². The third kappa shape index (κ3) is 65.3. The molecule has 0 aromatic heterocycles. The lowest BCUT2D eigenvalue weighted by molar-refractivity contribution is -0.167. The number of rotatable bonds is 62. The fourth-order valence-electron chi connectivity index (χ4n) is 9.76. The number of esters is 3. The summed E-state index contributed by atoms with van der Waals surface area (Å²) in [7, 11) is 0. The predicted octanol–water partition coefficient (Wildman–Crippen LogP) is 23.4. The van der Waals surface area contributed by atoms with Crippen LogP contribution in [0.25, 0.3) is 0 Å². The van der Waals surface area contributed by atoms with Gasteiger partial charge in [-0.25, -0.2) is 0 Å². The van der Waals surface area contributed by atoms with E-state index in [4.69, 9.17) is 14.2 Å². The standard InChI is InChI=1S/C73H128O6/c1-4-7-10-13-16-19-22-25-28-31-33-35-36-38-39-42-45-48-51-54-57-60-63-66-72(75)78-69-70(68-77-71(74)65-62-59-56-53-50-47-44-41-30-27-24-21-18-15-12-9-6-3)79-73(76)67-64-61-58-55-52-49-46-43-40-37-34-32-29-26-23-20-17-14-11-8-5-2/h8,11,17-18,20-21,26-27,29-31,33-34,37,70H,4-7,9-10,12-16,19,22-25,28,32,35-36,38-69H2,1-3H3/b11-8-,20-17-,21-18-,29-26-,30-27-,33-31-,37-34-. The summed E-state index contributed by atoms with van der Waals surface area (Å²) in [4.78, 5) is 38.4. The van der Waals surface area contributed by atoms with Gasteiger partial charge in [-0.3, -0.25) is 14.4 Å². The molecule has 0 heterocycles. The van der Waals surface area contributed by atoms with Gasteiger partial charge in [0, 0.05) is 19.3 Å². The van der Waals surface area contributed by atoms with Crippen LogP contribution in [-0.2, 0) is 28.6 Å². The van der Waals surface area contributed by atoms with E-state index in [9.17, 15) is 14.4 Å². The van der Waals surface area contributed by atoms with Gasteiger partial charge in [0.25, 0.3) is 0 Å². The van der Waals surface area contributed by atoms with E-state index < -0.39 is 6.10 Å². The van der Waals surface area contributed by atoms with E-state index in [1.165, 1.54) is 199 Å². The lowest BCUT2D eigenvalue weighted by atomic mass is 10.0. The highest BCUT2D eigenvalue weighted by molar-refractivity contribution is 5.71. The predicted molar refractivity (Wildman–Crippen MR) is 344 cm³/mol. The molecule has 0 saturated carbocycles. The molecule has 0 aliphatic heterocycles. The Kier molecular flexibility index (Phi) is 64.2. The maximum atomic E-state index is 12.9. The van der Waals surface area contributed by atoms with Gasteiger partial charge >= 0.3 is 17.9 Å². The number of allylic oxidation sites excluding steroid dienone is 14. The zero-order chi connectivity index (χ0) is 57.1. The molecule has 0 aromatic rings. The molecule has 1 unspecified atom stereocenters. The summed E-state index contributed by atoms with van der Waals surface area (Å²) in [6, 6.07) is 0. The number of hydrogen-bond donors (Lipinski definition) is 0. The van der Waals surface area contributed by atoms with Gasteiger partial charge in [-0.15, -0.1) is 0 Å². The first kappa shape index (κ1) is 75.6. The van der Waals surface area contributed by atoms with Crippen molar-refractivity contribution in [2.75, 3.05) is 13.2 Å². The second-order valence-electron chi connectivity index (χ2n) is 22.7. The van der Waals surface area contributed by atoms with Gasteiger partial charge in [-0.2, -0.15) is 0 Å². The van der Waals surface area contributed by atoms with Gasteiger partial charge in [0.2, 0.25) is 0 Å². The van der Waals surface area contributed by atoms with Crippen molar-refractivity contribution in [3.8, 4) is 0 Å². The normalized spacial score (nSPS) is 12.6. The zero-order valence-corrected chi connectivity index (χ0v) is 52.4. The van der Waals surface area contributed by atoms with E-state index in [0.29, 0.717) is 19.3 Å². The molecule has 0 aromatic carbocycles. The highest BCUT2D eigenvalue weighted by Crippen LogP contribution is 2.17. The van der Waals surface area contributed by atoms with Crippen LogP contribution in [0, 0.1) is 0 Å². The topological polar surface area (TPSA) is 78.9 Å². The fraction of sp³-hybridized carbons (Fsp3) is 0.767. The molecule has 6 heteroatoms. The minimum atomic E-state index is -0.787. The number of hydrogen-bond acceptors (Lipinski definition) is 6. The van der Waals surface area contributed by atoms with Crippen LogP contribution >= 0.6 is 0 Å². The first-order chi connectivity index (χ1) is 39.0. The van der Waals surface area contributed by atoms with Crippen LogP contribution in [0.1, 0.15) is 342 Å². The Morgan fingerprint density at radius 2 is 0.494 bits per heavy atom. The van der Waals surface area contributed by atoms with E-state index >= 15 is 0 Å². The first-order valence-corrected chi connectivity index (χ1v) is 34.1. The molecule has 0 saturated heterocycles. The average molecular weight is 1100 g/mol. The first-order valence-electron chi connectivity index (χ1n) is 34.1. The van der Waals surface area contributed by atoms with E-state index in [1.54, 1.807) is 0 Å². The van der Waals surface area contributed by atoms with Crippen molar-refractivity contribution in [2.45, 2.75) is 348 Å². The van der Waals surface area contributed by atoms with Gasteiger partial charge in [0.15, 0.2) is 6.10 Å². The Labute approximate surface area is 490 Å². The lowest BCUT2D eigenvalue weighted by Gasteiger charge is -2.18. The molecule has 0 aliphatic rings. The quantitative estimate of drug-likeness (QED) is 0.0261. The monoisotopic (exact) mass is 1100 g/mol. The Bertz CT molecular complexity index is 1500. The largest absolute Gasteiger partial charge is 0.462 e. The summed E-state index contributed by atoms with van der Waals surface area (Å²) in [5.74, 6) is -0.882. The van der Waals surface area contributed by atoms with Crippen LogP contribution in [-0.4, -0.2) is 37.2 Å². The van der Waals surface area contributed by atoms with E-state index in [-0.39, 0.29) is 31.1 Å². The van der Waals surface area contributed by atoms with Gasteiger partial charge in [-0.05, 0) is 116 Å². The second kappa shape index (κ2) is 67.1. The van der Waals surface area contributed by atoms with Crippen LogP contribution in [0.3, 0.4) is 0 Å². The number of unbranched alkanes of at least 4 members (excludes halogenated alkanes) is 37. The minimum absolute atomic E-state index is 0.0812. The van der Waals surface area contributed by atoms with Crippen molar-refractivity contribution in [3.05, 3.63) is 85.1 Å². The van der Waals surface area contributed by atoms with Gasteiger partial charge < -0.3 is 14.2 Å². The molecular formula is C73H128O6. The summed E-state index contributed by atoms with van der Waals surface area (Å²) >= 11 is 0. The molecular weight excluding hydrogens is 973 g/mol. The summed E-state index contributed by atoms with van der Waals surface area (Å²) in [5, 5.41) is 0. The summed E-state index contributed by atoms with van der Waals surface area (Å²) in [6.45, 7) is 6.53. The molecule has 6 nitrogen and oxygen atoms in total. The van der Waals surface area contributed by atoms with Crippen molar-refractivity contribution in [3.63, 3.8) is 0 Å². The lowest BCUT2D eigenvalue weighted by Crippen LogP contribution is -2.30. The van der Waals surface area contributed by atoms with Gasteiger partial charge in [0.05, 0.1) is 0 Å². The molecule has 0 amide bonds. The van der Waals surface area contributed by atoms with Crippen molar-refractivity contribution in [2.24, 2.45) is 0 Å². The summed E-state index contributed by atoms with van der Waals surface area (Å²) < 4.78 is 17.0. The highest BCUT2D eigenvalue weighted by atomic mass is 16.6. The van der Waals surface area contributed by atoms with Crippen LogP contribution in [0.4, 0.5) is 0 Å². The van der Waals surface area contributed by atoms with Crippen molar-refractivity contribution in [1.29, 1.82) is 0 Å². The fourth-order valence-corrected chi connectivity index (χ4v) is 9.76. The number of ether oxygens (including phenoxy) is 3. The van der Waals surface area contributed by atoms with Crippen molar-refractivity contribution in [1.82, 2.24) is 0 Å². The molecule has 1 atom stereocenters. The molecule has 0 radical (unpaired) electrons. The Hall–Kier alpha value is -3.41. The highest BCUT2D eigenvalue weighted by Gasteiger charge is 2.19. The molecule has 0 rings (SSSR count). The SMILES string of the molecule is CC/C=C\C/C=C\C/C=C\C/C=C\CCCCCCCCCCC(=O)OC(COC(=O)CCCCCCCCC/C=C\C/C=C\CCCCC)COC(=O)CCCCCCCCCCCCC/C=C\CCCCCCCCCC. The Morgan fingerprint density at radius 1 is 0.266 bits per heavy atom. The van der Waals surface area contributed by atoms with E-state index in [0.717, 1.165) is 103 Å². The third-order valence-corrected chi connectivity index (χ3v) is 14.9. The number of carbonyl (C=O) groups excluding carboxylic acids is 3. The minimum Gasteiger partial charge on any atom is -0.462 e. The molecule has 0 aliphatic carbocycles. The molecule has 0 bridgehead atoms. The third-order valence-electron chi connectivity index (χ3n) is 14.9. The summed E-state index contributed by atoms with van der Waals surface area (Å²) in [5.41, 5.74) is 0. The molecule has 79 heavy (non-hydrogen) atoms. The van der Waals surface area contributed by atoms with E-state index in [1.807, 2.05) is 0 Å². The second-order valence-corrected chi connectivity index (χ2v) is 22.7. The van der Waals surface area contributed by atoms with Crippen LogP contribution < -0.4 is 0 Å². The smallest absolute Gasteiger partial charge is 0.306 e. The van der Waals surface area contributed by atoms with Crippen molar-refractivity contribution < 1.29 is 28.6 Å². The molecule has 0 fully saturated rings. The zero-order valence-electron chi connectivity index (χ0n) is 52.4. The maximum absolute atomic E-state index is 12.9. The number of carbonyl (C=O) groups is 3. The Morgan fingerprint density at radius 3 is 0.810 bits per heavy atom. The maximum Gasteiger partial charge on any atom is 0.306 e. The van der Waals surface area contributed by atoms with Crippen LogP contribution in [0.5, 0.6) is 0 Å². The van der Waals surface area contributed by atoms with Gasteiger partial charge in [0.1, 0.15) is 13.2 Å². The Balaban J connectivity index is 4.37. The average Bonchev–Trinajstić information content (AvgIpc) is 3.45. The summed E-state index contributed by atoms with van der Waals surface area (Å²) in [6.07, 6.45) is 88.8. The molecule has 0 spiro atoms. The molecule has 0 N–H and O–H groups in total. The van der Waals surface area contributed by atoms with E-state index in [2.05, 4.69) is 106 Å². The van der Waals surface area contributed by atoms with Crippen molar-refractivity contribution >= 4 is 17.9 Å². The van der Waals surface area contributed by atoms with Crippen LogP contribution in [0.15, 0.2) is 85.1 Å².